The number of fused-ring (bicyclic) bond motifs is 1. The van der Waals surface area contributed by atoms with Crippen molar-refractivity contribution in [3.05, 3.63) is 17.0 Å². The molecule has 1 saturated heterocycles. The van der Waals surface area contributed by atoms with E-state index in [0.29, 0.717) is 32.0 Å². The van der Waals surface area contributed by atoms with Gasteiger partial charge < -0.3 is 15.0 Å². The van der Waals surface area contributed by atoms with Gasteiger partial charge in [0, 0.05) is 43.2 Å². The second-order valence-corrected chi connectivity index (χ2v) is 7.10. The minimum atomic E-state index is 0.0177. The predicted molar refractivity (Wildman–Crippen MR) is 97.8 cm³/mol. The van der Waals surface area contributed by atoms with Crippen molar-refractivity contribution >= 4 is 11.8 Å². The van der Waals surface area contributed by atoms with Crippen molar-refractivity contribution in [3.8, 4) is 0 Å². The smallest absolute Gasteiger partial charge is 0.274 e. The Bertz CT molecular complexity index is 645. The lowest BCUT2D eigenvalue weighted by Gasteiger charge is -2.17. The number of hydrogen-bond donors (Lipinski definition) is 1. The predicted octanol–water partition coefficient (Wildman–Crippen LogP) is 1.74. The number of nitrogens with one attached hydrogen (secondary N) is 1. The summed E-state index contributed by atoms with van der Waals surface area (Å²) in [5, 5.41) is 7.62. The molecule has 144 valence electrons. The topological polar surface area (TPSA) is 76.5 Å². The molecule has 7 nitrogen and oxygen atoms in total. The molecular weight excluding hydrogens is 332 g/mol. The molecule has 0 saturated carbocycles. The summed E-state index contributed by atoms with van der Waals surface area (Å²) < 4.78 is 7.47. The van der Waals surface area contributed by atoms with Crippen molar-refractivity contribution in [2.45, 2.75) is 59.1 Å². The van der Waals surface area contributed by atoms with Crippen molar-refractivity contribution in [3.63, 3.8) is 0 Å². The lowest BCUT2D eigenvalue weighted by molar-refractivity contribution is -0.125. The molecule has 0 spiro atoms. The highest BCUT2D eigenvalue weighted by Gasteiger charge is 2.29. The molecule has 1 aromatic rings. The van der Waals surface area contributed by atoms with Crippen molar-refractivity contribution < 1.29 is 14.3 Å². The first kappa shape index (κ1) is 18.9. The Balaban J connectivity index is 1.69. The van der Waals surface area contributed by atoms with Crippen LogP contribution in [0.2, 0.25) is 0 Å². The van der Waals surface area contributed by atoms with E-state index in [1.165, 1.54) is 0 Å². The van der Waals surface area contributed by atoms with Crippen LogP contribution in [0.5, 0.6) is 0 Å². The Morgan fingerprint density at radius 3 is 2.65 bits per heavy atom. The van der Waals surface area contributed by atoms with E-state index in [1.54, 1.807) is 0 Å². The fourth-order valence-corrected chi connectivity index (χ4v) is 3.82. The van der Waals surface area contributed by atoms with Crippen molar-refractivity contribution in [2.75, 3.05) is 26.2 Å². The maximum absolute atomic E-state index is 12.8. The van der Waals surface area contributed by atoms with Gasteiger partial charge >= 0.3 is 0 Å². The van der Waals surface area contributed by atoms with Crippen LogP contribution in [-0.4, -0.2) is 52.7 Å². The molecule has 1 fully saturated rings. The number of aromatic nitrogens is 2. The van der Waals surface area contributed by atoms with Crippen LogP contribution in [0, 0.1) is 5.92 Å². The number of likely N-dealkylation sites (tertiary alicyclic amines) is 1. The number of hydrogen-bond acceptors (Lipinski definition) is 4. The van der Waals surface area contributed by atoms with Crippen LogP contribution in [0.4, 0.5) is 0 Å². The third-order valence-electron chi connectivity index (χ3n) is 5.47. The highest BCUT2D eigenvalue weighted by Crippen LogP contribution is 2.23. The van der Waals surface area contributed by atoms with Crippen LogP contribution in [-0.2, 0) is 29.1 Å². The van der Waals surface area contributed by atoms with Crippen molar-refractivity contribution in [1.82, 2.24) is 20.0 Å². The van der Waals surface area contributed by atoms with Crippen LogP contribution in [0.1, 0.15) is 61.3 Å². The molecule has 0 atom stereocenters. The maximum atomic E-state index is 12.8. The molecule has 0 unspecified atom stereocenters. The van der Waals surface area contributed by atoms with E-state index in [1.807, 2.05) is 23.4 Å². The van der Waals surface area contributed by atoms with Gasteiger partial charge in [-0.1, -0.05) is 13.8 Å². The minimum Gasteiger partial charge on any atom is -0.376 e. The van der Waals surface area contributed by atoms with E-state index in [2.05, 4.69) is 10.4 Å². The highest BCUT2D eigenvalue weighted by atomic mass is 16.5. The quantitative estimate of drug-likeness (QED) is 0.802. The number of rotatable bonds is 7. The monoisotopic (exact) mass is 362 g/mol. The fourth-order valence-electron chi connectivity index (χ4n) is 3.82. The molecule has 2 amide bonds. The Kier molecular flexibility index (Phi) is 6.29. The molecule has 0 radical (unpaired) electrons. The number of amides is 2. The van der Waals surface area contributed by atoms with Gasteiger partial charge in [0.25, 0.3) is 5.91 Å². The molecule has 2 aliphatic rings. The summed E-state index contributed by atoms with van der Waals surface area (Å²) >= 11 is 0. The first-order chi connectivity index (χ1) is 12.7. The number of carbonyl (C=O) groups excluding carboxylic acids is 2. The lowest BCUT2D eigenvalue weighted by Crippen LogP contribution is -2.33. The van der Waals surface area contributed by atoms with E-state index >= 15 is 0 Å². The number of nitrogens with zero attached hydrogens (tertiary/aromatic N) is 3. The first-order valence-corrected chi connectivity index (χ1v) is 9.89. The van der Waals surface area contributed by atoms with Gasteiger partial charge in [0.05, 0.1) is 19.8 Å². The van der Waals surface area contributed by atoms with Crippen LogP contribution in [0.25, 0.3) is 0 Å². The molecule has 0 aliphatic carbocycles. The van der Waals surface area contributed by atoms with Crippen molar-refractivity contribution in [2.24, 2.45) is 5.92 Å². The number of carbonyl (C=O) groups is 2. The molecule has 1 aromatic heterocycles. The average molecular weight is 362 g/mol. The van der Waals surface area contributed by atoms with Gasteiger partial charge in [-0.05, 0) is 25.7 Å². The summed E-state index contributed by atoms with van der Waals surface area (Å²) in [7, 11) is 0. The Hall–Kier alpha value is -1.89. The zero-order chi connectivity index (χ0) is 18.5. The van der Waals surface area contributed by atoms with Gasteiger partial charge in [0.15, 0.2) is 5.69 Å². The summed E-state index contributed by atoms with van der Waals surface area (Å²) in [6, 6.07) is 0. The Labute approximate surface area is 155 Å². The summed E-state index contributed by atoms with van der Waals surface area (Å²) in [5.41, 5.74) is 2.54. The largest absolute Gasteiger partial charge is 0.376 e. The van der Waals surface area contributed by atoms with Gasteiger partial charge in [-0.2, -0.15) is 5.10 Å². The van der Waals surface area contributed by atoms with E-state index in [0.717, 1.165) is 56.5 Å². The third-order valence-corrected chi connectivity index (χ3v) is 5.47. The summed E-state index contributed by atoms with van der Waals surface area (Å²) in [6.45, 7) is 7.91. The molecule has 0 aromatic carbocycles. The zero-order valence-electron chi connectivity index (χ0n) is 15.9. The summed E-state index contributed by atoms with van der Waals surface area (Å²) in [4.78, 5) is 26.8. The molecule has 26 heavy (non-hydrogen) atoms. The summed E-state index contributed by atoms with van der Waals surface area (Å²) in [6.07, 6.45) is 4.59. The van der Waals surface area contributed by atoms with Gasteiger partial charge in [0.2, 0.25) is 5.91 Å². The highest BCUT2D eigenvalue weighted by molar-refractivity contribution is 5.94. The summed E-state index contributed by atoms with van der Waals surface area (Å²) in [5.74, 6) is 0.194. The van der Waals surface area contributed by atoms with Gasteiger partial charge in [-0.15, -0.1) is 0 Å². The molecule has 2 aliphatic heterocycles. The Morgan fingerprint density at radius 2 is 1.96 bits per heavy atom. The number of ether oxygens (including phenoxy) is 1. The molecule has 3 rings (SSSR count). The van der Waals surface area contributed by atoms with E-state index in [4.69, 9.17) is 4.74 Å². The second kappa shape index (κ2) is 8.66. The normalized spacial score (nSPS) is 16.8. The van der Waals surface area contributed by atoms with Crippen molar-refractivity contribution in [1.29, 1.82) is 0 Å². The third kappa shape index (κ3) is 3.92. The molecule has 1 N–H and O–H groups in total. The van der Waals surface area contributed by atoms with E-state index < -0.39 is 0 Å². The van der Waals surface area contributed by atoms with E-state index in [-0.39, 0.29) is 17.7 Å². The van der Waals surface area contributed by atoms with Crippen LogP contribution >= 0.6 is 0 Å². The lowest BCUT2D eigenvalue weighted by atomic mass is 10.0. The van der Waals surface area contributed by atoms with Gasteiger partial charge in [-0.3, -0.25) is 14.3 Å². The molecule has 3 heterocycles. The standard InChI is InChI=1S/C19H30N4O3/c1-3-14(4-2)18(24)20-8-11-23-16-7-12-26-13-15(16)17(21-23)19(25)22-9-5-6-10-22/h14H,3-13H2,1-2H3,(H,20,24). The molecule has 7 heteroatoms. The van der Waals surface area contributed by atoms with Crippen LogP contribution in [0.15, 0.2) is 0 Å². The second-order valence-electron chi connectivity index (χ2n) is 7.10. The maximum Gasteiger partial charge on any atom is 0.274 e. The fraction of sp³-hybridized carbons (Fsp3) is 0.737. The van der Waals surface area contributed by atoms with E-state index in [9.17, 15) is 9.59 Å². The first-order valence-electron chi connectivity index (χ1n) is 9.89. The SMILES string of the molecule is CCC(CC)C(=O)NCCn1nc(C(=O)N2CCCC2)c2c1CCOC2. The van der Waals surface area contributed by atoms with Gasteiger partial charge in [0.1, 0.15) is 0 Å². The molecule has 0 bridgehead atoms. The Morgan fingerprint density at radius 1 is 1.23 bits per heavy atom. The minimum absolute atomic E-state index is 0.0177. The molecular formula is C19H30N4O3. The van der Waals surface area contributed by atoms with Crippen LogP contribution in [0.3, 0.4) is 0 Å². The average Bonchev–Trinajstić information content (AvgIpc) is 3.31. The zero-order valence-corrected chi connectivity index (χ0v) is 15.9. The van der Waals surface area contributed by atoms with Crippen LogP contribution < -0.4 is 5.32 Å². The van der Waals surface area contributed by atoms with Gasteiger partial charge in [-0.25, -0.2) is 0 Å².